The summed E-state index contributed by atoms with van der Waals surface area (Å²) in [5.74, 6) is 2.04. The minimum absolute atomic E-state index is 1.01. The van der Waals surface area contributed by atoms with Gasteiger partial charge in [-0.1, -0.05) is 111 Å². The molecule has 156 valence electrons. The molecule has 1 aliphatic rings. The molecule has 0 saturated carbocycles. The zero-order valence-electron chi connectivity index (χ0n) is 18.7. The summed E-state index contributed by atoms with van der Waals surface area (Å²) >= 11 is 0. The van der Waals surface area contributed by atoms with Crippen molar-refractivity contribution in [1.29, 1.82) is 0 Å². The van der Waals surface area contributed by atoms with Crippen LogP contribution in [0.4, 0.5) is 0 Å². The van der Waals surface area contributed by atoms with Crippen molar-refractivity contribution in [2.75, 3.05) is 19.6 Å². The van der Waals surface area contributed by atoms with Crippen LogP contribution in [0, 0.1) is 11.8 Å². The predicted molar refractivity (Wildman–Crippen MR) is 119 cm³/mol. The zero-order chi connectivity index (χ0) is 18.9. The van der Waals surface area contributed by atoms with Gasteiger partial charge in [-0.05, 0) is 50.7 Å². The average molecular weight is 366 g/mol. The molecule has 0 radical (unpaired) electrons. The fourth-order valence-electron chi connectivity index (χ4n) is 4.78. The van der Waals surface area contributed by atoms with Crippen LogP contribution in [-0.2, 0) is 0 Å². The molecule has 0 N–H and O–H groups in total. The molecule has 1 unspecified atom stereocenters. The zero-order valence-corrected chi connectivity index (χ0v) is 18.7. The SMILES string of the molecule is CCCCCCCCC(CCCCCC)CCN1CCC(CCC)CC1. The summed E-state index contributed by atoms with van der Waals surface area (Å²) in [4.78, 5) is 2.78. The Balaban J connectivity index is 2.20. The van der Waals surface area contributed by atoms with Gasteiger partial charge in [0, 0.05) is 0 Å². The Morgan fingerprint density at radius 1 is 0.654 bits per heavy atom. The molecule has 1 heteroatoms. The van der Waals surface area contributed by atoms with Gasteiger partial charge in [-0.25, -0.2) is 0 Å². The molecule has 0 aliphatic carbocycles. The van der Waals surface area contributed by atoms with E-state index < -0.39 is 0 Å². The van der Waals surface area contributed by atoms with Crippen LogP contribution >= 0.6 is 0 Å². The molecule has 1 fully saturated rings. The van der Waals surface area contributed by atoms with E-state index in [2.05, 4.69) is 25.7 Å². The van der Waals surface area contributed by atoms with Crippen molar-refractivity contribution in [3.8, 4) is 0 Å². The van der Waals surface area contributed by atoms with E-state index in [1.54, 1.807) is 0 Å². The lowest BCUT2D eigenvalue weighted by atomic mass is 9.90. The topological polar surface area (TPSA) is 3.24 Å². The highest BCUT2D eigenvalue weighted by Crippen LogP contribution is 2.25. The van der Waals surface area contributed by atoms with E-state index >= 15 is 0 Å². The predicted octanol–water partition coefficient (Wildman–Crippen LogP) is 8.23. The highest BCUT2D eigenvalue weighted by Gasteiger charge is 2.19. The summed E-state index contributed by atoms with van der Waals surface area (Å²) in [7, 11) is 0. The lowest BCUT2D eigenvalue weighted by molar-refractivity contribution is 0.165. The summed E-state index contributed by atoms with van der Waals surface area (Å²) in [6.07, 6.45) is 24.7. The Hall–Kier alpha value is -0.0400. The Bertz CT molecular complexity index is 280. The second kappa shape index (κ2) is 17.1. The van der Waals surface area contributed by atoms with Crippen molar-refractivity contribution in [2.24, 2.45) is 11.8 Å². The fourth-order valence-corrected chi connectivity index (χ4v) is 4.78. The van der Waals surface area contributed by atoms with E-state index in [4.69, 9.17) is 0 Å². The number of hydrogen-bond donors (Lipinski definition) is 0. The number of nitrogens with zero attached hydrogens (tertiary/aromatic N) is 1. The van der Waals surface area contributed by atoms with Gasteiger partial charge in [-0.3, -0.25) is 0 Å². The molecule has 0 amide bonds. The van der Waals surface area contributed by atoms with Crippen LogP contribution in [0.1, 0.15) is 130 Å². The van der Waals surface area contributed by atoms with Gasteiger partial charge < -0.3 is 4.90 Å². The maximum atomic E-state index is 2.78. The number of likely N-dealkylation sites (tertiary alicyclic amines) is 1. The van der Waals surface area contributed by atoms with Crippen molar-refractivity contribution in [3.05, 3.63) is 0 Å². The van der Waals surface area contributed by atoms with Crippen LogP contribution in [0.3, 0.4) is 0 Å². The fraction of sp³-hybridized carbons (Fsp3) is 1.00. The third kappa shape index (κ3) is 12.4. The van der Waals surface area contributed by atoms with E-state index in [9.17, 15) is 0 Å². The standard InChI is InChI=1S/C25H51N/c1-4-7-9-11-12-14-17-25(16-13-10-8-5-2)20-23-26-21-18-24(15-6-3)19-22-26/h24-25H,4-23H2,1-3H3. The van der Waals surface area contributed by atoms with Crippen molar-refractivity contribution < 1.29 is 0 Å². The molecule has 1 rings (SSSR count). The smallest absolute Gasteiger partial charge is 0.00161 e. The maximum absolute atomic E-state index is 2.78. The van der Waals surface area contributed by atoms with Gasteiger partial charge in [0.05, 0.1) is 0 Å². The van der Waals surface area contributed by atoms with Crippen molar-refractivity contribution >= 4 is 0 Å². The summed E-state index contributed by atoms with van der Waals surface area (Å²) in [6.45, 7) is 11.1. The van der Waals surface area contributed by atoms with E-state index in [1.165, 1.54) is 129 Å². The molecule has 1 saturated heterocycles. The minimum atomic E-state index is 1.01. The molecule has 1 aliphatic heterocycles. The monoisotopic (exact) mass is 365 g/mol. The maximum Gasteiger partial charge on any atom is -0.00161 e. The van der Waals surface area contributed by atoms with E-state index in [0.717, 1.165) is 11.8 Å². The van der Waals surface area contributed by atoms with Crippen LogP contribution in [0.5, 0.6) is 0 Å². The molecular formula is C25H51N. The largest absolute Gasteiger partial charge is 0.303 e. The molecule has 26 heavy (non-hydrogen) atoms. The summed E-state index contributed by atoms with van der Waals surface area (Å²) in [5.41, 5.74) is 0. The lowest BCUT2D eigenvalue weighted by Gasteiger charge is -2.33. The molecule has 0 aromatic heterocycles. The molecule has 0 aromatic rings. The van der Waals surface area contributed by atoms with Crippen LogP contribution in [0.15, 0.2) is 0 Å². The highest BCUT2D eigenvalue weighted by molar-refractivity contribution is 4.73. The second-order valence-corrected chi connectivity index (χ2v) is 9.13. The second-order valence-electron chi connectivity index (χ2n) is 9.13. The Morgan fingerprint density at radius 2 is 1.19 bits per heavy atom. The third-order valence-electron chi connectivity index (χ3n) is 6.69. The Kier molecular flexibility index (Phi) is 15.8. The van der Waals surface area contributed by atoms with E-state index in [0.29, 0.717) is 0 Å². The molecular weight excluding hydrogens is 314 g/mol. The van der Waals surface area contributed by atoms with Crippen molar-refractivity contribution in [1.82, 2.24) is 4.90 Å². The van der Waals surface area contributed by atoms with Gasteiger partial charge >= 0.3 is 0 Å². The molecule has 1 atom stereocenters. The summed E-state index contributed by atoms with van der Waals surface area (Å²) < 4.78 is 0. The normalized spacial score (nSPS) is 17.7. The molecule has 1 heterocycles. The number of unbranched alkanes of at least 4 members (excludes halogenated alkanes) is 8. The van der Waals surface area contributed by atoms with Crippen molar-refractivity contribution in [3.63, 3.8) is 0 Å². The first-order valence-electron chi connectivity index (χ1n) is 12.5. The van der Waals surface area contributed by atoms with Crippen LogP contribution in [-0.4, -0.2) is 24.5 Å². The van der Waals surface area contributed by atoms with Gasteiger partial charge in [-0.15, -0.1) is 0 Å². The first kappa shape index (κ1) is 24.0. The van der Waals surface area contributed by atoms with Crippen LogP contribution < -0.4 is 0 Å². The molecule has 0 aromatic carbocycles. The Labute approximate surface area is 166 Å². The Morgan fingerprint density at radius 3 is 1.77 bits per heavy atom. The molecule has 0 spiro atoms. The quantitative estimate of drug-likeness (QED) is 0.235. The first-order valence-corrected chi connectivity index (χ1v) is 12.5. The van der Waals surface area contributed by atoms with Gasteiger partial charge in [0.1, 0.15) is 0 Å². The molecule has 0 bridgehead atoms. The van der Waals surface area contributed by atoms with Crippen LogP contribution in [0.2, 0.25) is 0 Å². The highest BCUT2D eigenvalue weighted by atomic mass is 15.1. The summed E-state index contributed by atoms with van der Waals surface area (Å²) in [6, 6.07) is 0. The van der Waals surface area contributed by atoms with E-state index in [1.807, 2.05) is 0 Å². The van der Waals surface area contributed by atoms with Gasteiger partial charge in [0.2, 0.25) is 0 Å². The third-order valence-corrected chi connectivity index (χ3v) is 6.69. The first-order chi connectivity index (χ1) is 12.8. The minimum Gasteiger partial charge on any atom is -0.303 e. The number of hydrogen-bond acceptors (Lipinski definition) is 1. The average Bonchev–Trinajstić information content (AvgIpc) is 2.66. The summed E-state index contributed by atoms with van der Waals surface area (Å²) in [5, 5.41) is 0. The molecule has 1 nitrogen and oxygen atoms in total. The van der Waals surface area contributed by atoms with Crippen molar-refractivity contribution in [2.45, 2.75) is 130 Å². The number of piperidine rings is 1. The van der Waals surface area contributed by atoms with E-state index in [-0.39, 0.29) is 0 Å². The van der Waals surface area contributed by atoms with Crippen LogP contribution in [0.25, 0.3) is 0 Å². The van der Waals surface area contributed by atoms with Gasteiger partial charge in [0.15, 0.2) is 0 Å². The number of rotatable bonds is 17. The van der Waals surface area contributed by atoms with Gasteiger partial charge in [0.25, 0.3) is 0 Å². The lowest BCUT2D eigenvalue weighted by Crippen LogP contribution is -2.35. The van der Waals surface area contributed by atoms with Gasteiger partial charge in [-0.2, -0.15) is 0 Å².